The van der Waals surface area contributed by atoms with Gasteiger partial charge in [0.25, 0.3) is 0 Å². The fourth-order valence-corrected chi connectivity index (χ4v) is 2.51. The molecule has 3 heterocycles. The Morgan fingerprint density at radius 3 is 2.82 bits per heavy atom. The van der Waals surface area contributed by atoms with Crippen LogP contribution in [0.4, 0.5) is 0 Å². The lowest BCUT2D eigenvalue weighted by molar-refractivity contribution is 0.745. The largest absolute Gasteiger partial charge is 0.329 e. The third-order valence-corrected chi connectivity index (χ3v) is 3.74. The van der Waals surface area contributed by atoms with Gasteiger partial charge in [-0.1, -0.05) is 18.2 Å². The van der Waals surface area contributed by atoms with Crippen molar-refractivity contribution >= 4 is 10.9 Å². The molecule has 0 unspecified atom stereocenters. The second-order valence-corrected chi connectivity index (χ2v) is 5.24. The van der Waals surface area contributed by atoms with Crippen LogP contribution in [0.1, 0.15) is 11.5 Å². The quantitative estimate of drug-likeness (QED) is 0.582. The summed E-state index contributed by atoms with van der Waals surface area (Å²) in [6, 6.07) is 12.2. The van der Waals surface area contributed by atoms with Gasteiger partial charge in [0.05, 0.1) is 17.8 Å². The van der Waals surface area contributed by atoms with Crippen molar-refractivity contribution in [2.75, 3.05) is 0 Å². The van der Waals surface area contributed by atoms with Crippen molar-refractivity contribution < 1.29 is 0 Å². The van der Waals surface area contributed by atoms with E-state index in [4.69, 9.17) is 0 Å². The Balaban J connectivity index is 1.66. The normalized spacial score (nSPS) is 11.1. The minimum Gasteiger partial charge on any atom is -0.329 e. The van der Waals surface area contributed by atoms with Crippen LogP contribution in [0.15, 0.2) is 61.3 Å². The van der Waals surface area contributed by atoms with Gasteiger partial charge in [0, 0.05) is 24.0 Å². The third kappa shape index (κ3) is 2.26. The molecule has 0 N–H and O–H groups in total. The molecule has 0 aliphatic heterocycles. The molecular weight excluding hydrogens is 274 g/mol. The van der Waals surface area contributed by atoms with E-state index in [1.807, 2.05) is 48.1 Å². The lowest BCUT2D eigenvalue weighted by atomic mass is 10.2. The topological polar surface area (TPSA) is 48.5 Å². The molecule has 4 rings (SSSR count). The number of hydrogen-bond acceptors (Lipinski definition) is 3. The highest BCUT2D eigenvalue weighted by Gasteiger charge is 2.05. The minimum absolute atomic E-state index is 0.715. The Morgan fingerprint density at radius 2 is 1.95 bits per heavy atom. The van der Waals surface area contributed by atoms with Crippen LogP contribution < -0.4 is 0 Å². The second kappa shape index (κ2) is 5.11. The Morgan fingerprint density at radius 1 is 1.05 bits per heavy atom. The van der Waals surface area contributed by atoms with E-state index in [1.54, 1.807) is 12.5 Å². The van der Waals surface area contributed by atoms with E-state index in [1.165, 1.54) is 0 Å². The van der Waals surface area contributed by atoms with Crippen molar-refractivity contribution in [3.8, 4) is 5.82 Å². The molecule has 1 aromatic carbocycles. The van der Waals surface area contributed by atoms with Crippen LogP contribution in [0, 0.1) is 6.92 Å². The molecule has 0 amide bonds. The van der Waals surface area contributed by atoms with E-state index >= 15 is 0 Å². The van der Waals surface area contributed by atoms with Gasteiger partial charge < -0.3 is 4.57 Å². The van der Waals surface area contributed by atoms with E-state index in [0.717, 1.165) is 28.2 Å². The molecule has 4 aromatic rings. The number of rotatable bonds is 3. The first-order valence-corrected chi connectivity index (χ1v) is 7.16. The van der Waals surface area contributed by atoms with E-state index in [-0.39, 0.29) is 0 Å². The van der Waals surface area contributed by atoms with Crippen molar-refractivity contribution in [1.29, 1.82) is 0 Å². The molecule has 22 heavy (non-hydrogen) atoms. The smallest absolute Gasteiger partial charge is 0.138 e. The van der Waals surface area contributed by atoms with E-state index < -0.39 is 0 Å². The fraction of sp³-hybridized carbons (Fsp3) is 0.118. The molecule has 0 saturated carbocycles. The number of aryl methyl sites for hydroxylation is 1. The summed E-state index contributed by atoms with van der Waals surface area (Å²) in [6.45, 7) is 2.70. The predicted octanol–water partition coefficient (Wildman–Crippen LogP) is 2.97. The van der Waals surface area contributed by atoms with Gasteiger partial charge in [0.15, 0.2) is 0 Å². The highest BCUT2D eigenvalue weighted by Crippen LogP contribution is 2.15. The number of benzene rings is 1. The molecule has 0 atom stereocenters. The maximum atomic E-state index is 4.68. The number of hydrogen-bond donors (Lipinski definition) is 0. The Labute approximate surface area is 127 Å². The number of nitrogens with zero attached hydrogens (tertiary/aromatic N) is 5. The zero-order valence-electron chi connectivity index (χ0n) is 12.2. The van der Waals surface area contributed by atoms with Gasteiger partial charge in [0.1, 0.15) is 18.0 Å². The van der Waals surface area contributed by atoms with Gasteiger partial charge in [-0.15, -0.1) is 0 Å². The molecule has 0 fully saturated rings. The lowest BCUT2D eigenvalue weighted by Crippen LogP contribution is -2.01. The number of fused-ring (bicyclic) bond motifs is 1. The van der Waals surface area contributed by atoms with Crippen molar-refractivity contribution in [1.82, 2.24) is 24.1 Å². The highest BCUT2D eigenvalue weighted by atomic mass is 15.1. The highest BCUT2D eigenvalue weighted by molar-refractivity contribution is 5.79. The van der Waals surface area contributed by atoms with E-state index in [2.05, 4.69) is 31.7 Å². The fourth-order valence-electron chi connectivity index (χ4n) is 2.51. The van der Waals surface area contributed by atoms with Crippen LogP contribution in [-0.4, -0.2) is 24.1 Å². The summed E-state index contributed by atoms with van der Waals surface area (Å²) in [5, 5.41) is 1.14. The predicted molar refractivity (Wildman–Crippen MR) is 84.9 cm³/mol. The third-order valence-electron chi connectivity index (χ3n) is 3.74. The SMILES string of the molecule is Cc1nccn1Cc1cn(-c2ccc3ccccc3n2)cn1. The molecule has 5 heteroatoms. The summed E-state index contributed by atoms with van der Waals surface area (Å²) < 4.78 is 4.02. The van der Waals surface area contributed by atoms with Crippen LogP contribution in [0.25, 0.3) is 16.7 Å². The first-order valence-electron chi connectivity index (χ1n) is 7.16. The molecule has 0 aliphatic rings. The van der Waals surface area contributed by atoms with Crippen molar-refractivity contribution in [2.45, 2.75) is 13.5 Å². The van der Waals surface area contributed by atoms with Gasteiger partial charge in [0.2, 0.25) is 0 Å². The Hall–Kier alpha value is -2.95. The zero-order valence-corrected chi connectivity index (χ0v) is 12.2. The zero-order chi connectivity index (χ0) is 14.9. The molecule has 0 aliphatic carbocycles. The molecule has 5 nitrogen and oxygen atoms in total. The number of aromatic nitrogens is 5. The molecule has 3 aromatic heterocycles. The summed E-state index contributed by atoms with van der Waals surface area (Å²) in [7, 11) is 0. The van der Waals surface area contributed by atoms with Gasteiger partial charge in [-0.25, -0.2) is 15.0 Å². The second-order valence-electron chi connectivity index (χ2n) is 5.24. The molecule has 0 bridgehead atoms. The van der Waals surface area contributed by atoms with Crippen LogP contribution in [-0.2, 0) is 6.54 Å². The van der Waals surface area contributed by atoms with Crippen molar-refractivity contribution in [3.63, 3.8) is 0 Å². The van der Waals surface area contributed by atoms with Gasteiger partial charge in [-0.3, -0.25) is 4.57 Å². The number of para-hydroxylation sites is 1. The van der Waals surface area contributed by atoms with Gasteiger partial charge in [-0.2, -0.15) is 0 Å². The molecular formula is C17H15N5. The maximum Gasteiger partial charge on any atom is 0.138 e. The monoisotopic (exact) mass is 289 g/mol. The molecule has 0 spiro atoms. The minimum atomic E-state index is 0.715. The Bertz CT molecular complexity index is 935. The summed E-state index contributed by atoms with van der Waals surface area (Å²) in [5.41, 5.74) is 1.97. The van der Waals surface area contributed by atoms with Crippen LogP contribution in [0.2, 0.25) is 0 Å². The lowest BCUT2D eigenvalue weighted by Gasteiger charge is -2.03. The maximum absolute atomic E-state index is 4.68. The Kier molecular flexibility index (Phi) is 2.96. The summed E-state index contributed by atoms with van der Waals surface area (Å²) in [5.74, 6) is 1.86. The van der Waals surface area contributed by atoms with Gasteiger partial charge in [-0.05, 0) is 25.1 Å². The standard InChI is InChI=1S/C17H15N5/c1-13-18-8-9-21(13)10-15-11-22(12-19-15)17-7-6-14-4-2-3-5-16(14)20-17/h2-9,11-12H,10H2,1H3. The van der Waals surface area contributed by atoms with Crippen LogP contribution in [0.3, 0.4) is 0 Å². The van der Waals surface area contributed by atoms with Gasteiger partial charge >= 0.3 is 0 Å². The van der Waals surface area contributed by atoms with Crippen LogP contribution in [0.5, 0.6) is 0 Å². The molecule has 0 saturated heterocycles. The van der Waals surface area contributed by atoms with Crippen molar-refractivity contribution in [3.05, 3.63) is 72.8 Å². The first kappa shape index (κ1) is 12.8. The average Bonchev–Trinajstić information content (AvgIpc) is 3.17. The van der Waals surface area contributed by atoms with Crippen molar-refractivity contribution in [2.24, 2.45) is 0 Å². The first-order chi connectivity index (χ1) is 10.8. The number of pyridine rings is 1. The molecule has 108 valence electrons. The summed E-state index contributed by atoms with van der Waals surface area (Å²) >= 11 is 0. The summed E-state index contributed by atoms with van der Waals surface area (Å²) in [6.07, 6.45) is 7.58. The average molecular weight is 289 g/mol. The van der Waals surface area contributed by atoms with E-state index in [0.29, 0.717) is 6.54 Å². The molecule has 0 radical (unpaired) electrons. The number of imidazole rings is 2. The van der Waals surface area contributed by atoms with E-state index in [9.17, 15) is 0 Å². The summed E-state index contributed by atoms with van der Waals surface area (Å²) in [4.78, 5) is 13.4. The van der Waals surface area contributed by atoms with Crippen LogP contribution >= 0.6 is 0 Å².